The molecule has 184 valence electrons. The third-order valence-corrected chi connectivity index (χ3v) is 4.76. The van der Waals surface area contributed by atoms with E-state index in [0.717, 1.165) is 22.5 Å². The number of carbonyl (C=O) groups is 1. The summed E-state index contributed by atoms with van der Waals surface area (Å²) in [6.45, 7) is 10.5. The Balaban J connectivity index is 2.86. The molecule has 0 aromatic heterocycles. The molecule has 2 N–H and O–H groups in total. The maximum Gasteiger partial charge on any atom is 0.303 e. The van der Waals surface area contributed by atoms with Crippen molar-refractivity contribution in [1.29, 1.82) is 0 Å². The minimum absolute atomic E-state index is 0.0333. The molecule has 0 aliphatic carbocycles. The second-order valence-electron chi connectivity index (χ2n) is 7.98. The first-order chi connectivity index (χ1) is 15.8. The Labute approximate surface area is 197 Å². The number of aliphatic hydroxyl groups is 1. The van der Waals surface area contributed by atoms with Crippen molar-refractivity contribution < 1.29 is 34.0 Å². The van der Waals surface area contributed by atoms with Crippen LogP contribution in [-0.4, -0.2) is 61.4 Å². The number of hydrogen-bond donors (Lipinski definition) is 2. The predicted molar refractivity (Wildman–Crippen MR) is 128 cm³/mol. The molecule has 1 rings (SSSR count). The molecule has 0 saturated carbocycles. The number of carboxylic acids is 1. The van der Waals surface area contributed by atoms with E-state index >= 15 is 0 Å². The van der Waals surface area contributed by atoms with E-state index in [4.69, 9.17) is 24.1 Å². The van der Waals surface area contributed by atoms with Crippen LogP contribution in [0.15, 0.2) is 60.2 Å². The zero-order valence-corrected chi connectivity index (χ0v) is 20.2. The fraction of sp³-hybridized carbons (Fsp3) is 0.500. The fourth-order valence-corrected chi connectivity index (χ4v) is 2.89. The number of aliphatic hydroxyl groups excluding tert-OH is 1. The summed E-state index contributed by atoms with van der Waals surface area (Å²) in [5, 5.41) is 19.2. The van der Waals surface area contributed by atoms with Crippen LogP contribution in [0.4, 0.5) is 0 Å². The topological polar surface area (TPSA) is 94.5 Å². The van der Waals surface area contributed by atoms with Crippen LogP contribution in [0.25, 0.3) is 0 Å². The lowest BCUT2D eigenvalue weighted by molar-refractivity contribution is -0.141. The number of allylic oxidation sites excluding steroid dienone is 3. The van der Waals surface area contributed by atoms with Crippen molar-refractivity contribution in [2.75, 3.05) is 26.9 Å². The number of benzene rings is 1. The van der Waals surface area contributed by atoms with Gasteiger partial charge in [0.05, 0.1) is 33.0 Å². The molecule has 0 aliphatic heterocycles. The SMILES string of the molecule is C=C/C(=C\C=C(C)C)CO[C@@H](C(C)O)C(COCCCC(=O)O)OCc1ccc(OC)cc1. The first-order valence-electron chi connectivity index (χ1n) is 11.1. The lowest BCUT2D eigenvalue weighted by Gasteiger charge is -2.30. The molecule has 2 unspecified atom stereocenters. The van der Waals surface area contributed by atoms with Crippen LogP contribution in [0.2, 0.25) is 0 Å². The van der Waals surface area contributed by atoms with Crippen molar-refractivity contribution in [2.45, 2.75) is 58.5 Å². The van der Waals surface area contributed by atoms with Crippen LogP contribution in [0.3, 0.4) is 0 Å². The molecule has 7 nitrogen and oxygen atoms in total. The lowest BCUT2D eigenvalue weighted by Crippen LogP contribution is -2.43. The highest BCUT2D eigenvalue weighted by molar-refractivity contribution is 5.66. The lowest BCUT2D eigenvalue weighted by atomic mass is 10.1. The summed E-state index contributed by atoms with van der Waals surface area (Å²) in [5.41, 5.74) is 2.96. The summed E-state index contributed by atoms with van der Waals surface area (Å²) in [4.78, 5) is 10.7. The van der Waals surface area contributed by atoms with E-state index in [1.54, 1.807) is 20.1 Å². The molecule has 0 bridgehead atoms. The predicted octanol–water partition coefficient (Wildman–Crippen LogP) is 4.31. The molecule has 7 heteroatoms. The molecule has 0 amide bonds. The molecule has 1 aromatic carbocycles. The number of rotatable bonds is 17. The smallest absolute Gasteiger partial charge is 0.303 e. The fourth-order valence-electron chi connectivity index (χ4n) is 2.89. The van der Waals surface area contributed by atoms with Gasteiger partial charge in [-0.1, -0.05) is 42.5 Å². The van der Waals surface area contributed by atoms with Gasteiger partial charge in [0, 0.05) is 13.0 Å². The van der Waals surface area contributed by atoms with Crippen molar-refractivity contribution in [3.63, 3.8) is 0 Å². The van der Waals surface area contributed by atoms with Crippen LogP contribution in [0.5, 0.6) is 5.75 Å². The van der Waals surface area contributed by atoms with Crippen LogP contribution < -0.4 is 4.74 Å². The number of ether oxygens (including phenoxy) is 4. The van der Waals surface area contributed by atoms with Gasteiger partial charge in [0.25, 0.3) is 0 Å². The van der Waals surface area contributed by atoms with Crippen molar-refractivity contribution >= 4 is 5.97 Å². The third kappa shape index (κ3) is 12.4. The quantitative estimate of drug-likeness (QED) is 0.263. The summed E-state index contributed by atoms with van der Waals surface area (Å²) >= 11 is 0. The van der Waals surface area contributed by atoms with Crippen LogP contribution >= 0.6 is 0 Å². The number of hydrogen-bond acceptors (Lipinski definition) is 6. The normalized spacial score (nSPS) is 14.3. The van der Waals surface area contributed by atoms with Crippen LogP contribution in [0, 0.1) is 0 Å². The Morgan fingerprint density at radius 1 is 1.15 bits per heavy atom. The van der Waals surface area contributed by atoms with Gasteiger partial charge in [0.15, 0.2) is 0 Å². The van der Waals surface area contributed by atoms with E-state index in [1.807, 2.05) is 50.3 Å². The van der Waals surface area contributed by atoms with Gasteiger partial charge in [0.1, 0.15) is 18.0 Å². The average Bonchev–Trinajstić information content (AvgIpc) is 2.78. The monoisotopic (exact) mass is 462 g/mol. The first-order valence-corrected chi connectivity index (χ1v) is 11.1. The van der Waals surface area contributed by atoms with E-state index < -0.39 is 24.3 Å². The Morgan fingerprint density at radius 3 is 2.39 bits per heavy atom. The molecule has 0 heterocycles. The van der Waals surface area contributed by atoms with Crippen molar-refractivity contribution in [1.82, 2.24) is 0 Å². The van der Waals surface area contributed by atoms with Crippen molar-refractivity contribution in [3.8, 4) is 5.75 Å². The molecular weight excluding hydrogens is 424 g/mol. The van der Waals surface area contributed by atoms with E-state index in [2.05, 4.69) is 6.58 Å². The highest BCUT2D eigenvalue weighted by Gasteiger charge is 2.28. The molecule has 0 spiro atoms. The maximum atomic E-state index is 10.7. The van der Waals surface area contributed by atoms with E-state index in [1.165, 1.54) is 0 Å². The number of aliphatic carboxylic acids is 1. The minimum Gasteiger partial charge on any atom is -0.497 e. The highest BCUT2D eigenvalue weighted by Crippen LogP contribution is 2.17. The van der Waals surface area contributed by atoms with Gasteiger partial charge < -0.3 is 29.2 Å². The molecule has 0 saturated heterocycles. The number of methoxy groups -OCH3 is 1. The minimum atomic E-state index is -0.865. The van der Waals surface area contributed by atoms with E-state index in [9.17, 15) is 9.90 Å². The molecule has 33 heavy (non-hydrogen) atoms. The first kappa shape index (κ1) is 28.6. The Hall–Kier alpha value is -2.45. The molecule has 3 atom stereocenters. The van der Waals surface area contributed by atoms with E-state index in [0.29, 0.717) is 13.0 Å². The number of carboxylic acid groups (broad SMARTS) is 1. The summed E-state index contributed by atoms with van der Waals surface area (Å²) in [6, 6.07) is 7.51. The Kier molecular flexibility index (Phi) is 14.0. The van der Waals surface area contributed by atoms with Gasteiger partial charge in [-0.2, -0.15) is 0 Å². The average molecular weight is 463 g/mol. The highest BCUT2D eigenvalue weighted by atomic mass is 16.6. The summed E-state index contributed by atoms with van der Waals surface area (Å²) in [6.07, 6.45) is 4.01. The summed E-state index contributed by atoms with van der Waals surface area (Å²) in [7, 11) is 1.61. The summed E-state index contributed by atoms with van der Waals surface area (Å²) < 4.78 is 23.0. The molecule has 0 aliphatic rings. The summed E-state index contributed by atoms with van der Waals surface area (Å²) in [5.74, 6) is -0.112. The standard InChI is InChI=1S/C26H38O7/c1-6-21(10-9-19(2)3)16-33-26(20(4)27)24(18-31-15-7-8-25(28)29)32-17-22-11-13-23(30-5)14-12-22/h6,9-14,20,24,26-27H,1,7-8,15-18H2,2-5H3,(H,28,29)/b21-10+/t20?,24?,26-/m0/s1. The van der Waals surface area contributed by atoms with Crippen molar-refractivity contribution in [2.24, 2.45) is 0 Å². The molecular formula is C26H38O7. The van der Waals surface area contributed by atoms with Crippen LogP contribution in [-0.2, 0) is 25.6 Å². The zero-order valence-electron chi connectivity index (χ0n) is 20.2. The van der Waals surface area contributed by atoms with E-state index in [-0.39, 0.29) is 26.2 Å². The van der Waals surface area contributed by atoms with Gasteiger partial charge >= 0.3 is 5.97 Å². The van der Waals surface area contributed by atoms with Gasteiger partial charge in [-0.25, -0.2) is 0 Å². The van der Waals surface area contributed by atoms with Gasteiger partial charge in [-0.15, -0.1) is 0 Å². The third-order valence-electron chi connectivity index (χ3n) is 4.76. The second kappa shape index (κ2) is 16.2. The zero-order chi connectivity index (χ0) is 24.6. The second-order valence-corrected chi connectivity index (χ2v) is 7.98. The van der Waals surface area contributed by atoms with Gasteiger partial charge in [0.2, 0.25) is 0 Å². The van der Waals surface area contributed by atoms with Crippen LogP contribution in [0.1, 0.15) is 39.2 Å². The van der Waals surface area contributed by atoms with Crippen molar-refractivity contribution in [3.05, 3.63) is 65.8 Å². The van der Waals surface area contributed by atoms with Gasteiger partial charge in [-0.05, 0) is 50.5 Å². The largest absolute Gasteiger partial charge is 0.497 e. The maximum absolute atomic E-state index is 10.7. The molecule has 0 radical (unpaired) electrons. The van der Waals surface area contributed by atoms with Gasteiger partial charge in [-0.3, -0.25) is 4.79 Å². The Bertz CT molecular complexity index is 761. The Morgan fingerprint density at radius 2 is 1.85 bits per heavy atom. The molecule has 0 fully saturated rings. The molecule has 1 aromatic rings.